The predicted octanol–water partition coefficient (Wildman–Crippen LogP) is 3.96. The number of hydrogen-bond acceptors (Lipinski definition) is 6. The highest BCUT2D eigenvalue weighted by molar-refractivity contribution is 6.46. The van der Waals surface area contributed by atoms with Gasteiger partial charge in [-0.25, -0.2) is 0 Å². The normalized spacial score (nSPS) is 18.1. The molecule has 0 saturated carbocycles. The number of aliphatic hydroxyl groups is 1. The minimum absolute atomic E-state index is 0.0621. The third-order valence-corrected chi connectivity index (χ3v) is 5.23. The minimum Gasteiger partial charge on any atom is -0.507 e. The fourth-order valence-corrected chi connectivity index (χ4v) is 3.67. The van der Waals surface area contributed by atoms with E-state index in [9.17, 15) is 14.7 Å². The van der Waals surface area contributed by atoms with Crippen molar-refractivity contribution in [3.63, 3.8) is 0 Å². The van der Waals surface area contributed by atoms with Gasteiger partial charge >= 0.3 is 0 Å². The van der Waals surface area contributed by atoms with Gasteiger partial charge in [0.05, 0.1) is 36.6 Å². The van der Waals surface area contributed by atoms with Gasteiger partial charge in [-0.05, 0) is 48.0 Å². The second-order valence-corrected chi connectivity index (χ2v) is 7.04. The van der Waals surface area contributed by atoms with Crippen molar-refractivity contribution in [3.8, 4) is 5.75 Å². The Hall–Kier alpha value is -3.58. The quantitative estimate of drug-likeness (QED) is 0.378. The number of likely N-dealkylation sites (tertiary alicyclic amines) is 1. The number of ether oxygens (including phenoxy) is 1. The van der Waals surface area contributed by atoms with Crippen LogP contribution in [0.25, 0.3) is 5.76 Å². The number of carbonyl (C=O) groups excluding carboxylic acids is 2. The zero-order chi connectivity index (χ0) is 21.3. The summed E-state index contributed by atoms with van der Waals surface area (Å²) in [6.07, 6.45) is 4.60. The number of ketones is 1. The van der Waals surface area contributed by atoms with Crippen molar-refractivity contribution in [2.24, 2.45) is 0 Å². The van der Waals surface area contributed by atoms with Crippen LogP contribution < -0.4 is 4.74 Å². The summed E-state index contributed by atoms with van der Waals surface area (Å²) in [6.45, 7) is 0.0627. The lowest BCUT2D eigenvalue weighted by Gasteiger charge is -2.24. The molecule has 1 aliphatic rings. The molecule has 3 heterocycles. The van der Waals surface area contributed by atoms with Crippen molar-refractivity contribution >= 4 is 29.1 Å². The smallest absolute Gasteiger partial charge is 0.296 e. The number of aromatic nitrogens is 1. The third kappa shape index (κ3) is 3.44. The summed E-state index contributed by atoms with van der Waals surface area (Å²) in [5.74, 6) is -0.962. The van der Waals surface area contributed by atoms with Crippen molar-refractivity contribution in [2.45, 2.75) is 12.6 Å². The number of aliphatic hydroxyl groups excluding tert-OH is 1. The Balaban J connectivity index is 1.89. The second-order valence-electron chi connectivity index (χ2n) is 6.63. The number of methoxy groups -OCH3 is 1. The average Bonchev–Trinajstić information content (AvgIpc) is 3.36. The molecular weight excluding hydrogens is 408 g/mol. The Kier molecular flexibility index (Phi) is 5.29. The highest BCUT2D eigenvalue weighted by Gasteiger charge is 2.46. The number of pyridine rings is 1. The first-order chi connectivity index (χ1) is 14.5. The highest BCUT2D eigenvalue weighted by atomic mass is 35.5. The molecule has 1 aromatic carbocycles. The molecule has 1 amide bonds. The maximum Gasteiger partial charge on any atom is 0.296 e. The number of halogens is 1. The number of furan rings is 1. The molecule has 2 aromatic heterocycles. The molecule has 3 aromatic rings. The molecule has 7 nitrogen and oxygen atoms in total. The monoisotopic (exact) mass is 424 g/mol. The minimum atomic E-state index is -0.833. The van der Waals surface area contributed by atoms with Crippen molar-refractivity contribution < 1.29 is 23.8 Å². The molecule has 0 spiro atoms. The van der Waals surface area contributed by atoms with Crippen LogP contribution in [0.3, 0.4) is 0 Å². The number of amides is 1. The molecular formula is C22H17ClN2O5. The molecule has 8 heteroatoms. The summed E-state index contributed by atoms with van der Waals surface area (Å²) in [5.41, 5.74) is 0.760. The molecule has 1 aliphatic heterocycles. The highest BCUT2D eigenvalue weighted by Crippen LogP contribution is 2.41. The van der Waals surface area contributed by atoms with Gasteiger partial charge in [-0.3, -0.25) is 14.6 Å². The maximum absolute atomic E-state index is 13.0. The van der Waals surface area contributed by atoms with E-state index < -0.39 is 17.7 Å². The van der Waals surface area contributed by atoms with E-state index in [1.807, 2.05) is 0 Å². The molecule has 0 radical (unpaired) electrons. The van der Waals surface area contributed by atoms with Crippen molar-refractivity contribution in [3.05, 3.63) is 88.6 Å². The van der Waals surface area contributed by atoms with Crippen LogP contribution in [0.1, 0.15) is 22.9 Å². The number of hydrogen-bond donors (Lipinski definition) is 1. The number of nitrogens with zero attached hydrogens (tertiary/aromatic N) is 2. The van der Waals surface area contributed by atoms with Crippen molar-refractivity contribution in [1.82, 2.24) is 9.88 Å². The zero-order valence-electron chi connectivity index (χ0n) is 15.9. The number of benzene rings is 1. The van der Waals surface area contributed by atoms with Crippen molar-refractivity contribution in [2.75, 3.05) is 7.11 Å². The van der Waals surface area contributed by atoms with Crippen molar-refractivity contribution in [1.29, 1.82) is 0 Å². The zero-order valence-corrected chi connectivity index (χ0v) is 16.7. The number of Topliss-reactive ketones (excluding diaryl/α,β-unsaturated/α-hetero) is 1. The average molecular weight is 425 g/mol. The number of rotatable bonds is 5. The van der Waals surface area contributed by atoms with E-state index >= 15 is 0 Å². The maximum atomic E-state index is 13.0. The summed E-state index contributed by atoms with van der Waals surface area (Å²) in [5, 5.41) is 11.3. The molecule has 30 heavy (non-hydrogen) atoms. The largest absolute Gasteiger partial charge is 0.507 e. The fourth-order valence-electron chi connectivity index (χ4n) is 3.46. The standard InChI is InChI=1S/C22H17ClN2O5/c1-29-14-4-5-17(23)16(11-14)20(26)18-19(13-6-8-24-9-7-13)25(22(28)21(18)27)12-15-3-2-10-30-15/h2-11,19,26H,12H2,1H3/b20-18+. The van der Waals surface area contributed by atoms with Crippen LogP contribution in [-0.4, -0.2) is 33.8 Å². The first-order valence-electron chi connectivity index (χ1n) is 9.06. The first-order valence-corrected chi connectivity index (χ1v) is 9.43. The molecule has 0 bridgehead atoms. The van der Waals surface area contributed by atoms with E-state index in [-0.39, 0.29) is 28.5 Å². The van der Waals surface area contributed by atoms with E-state index in [0.29, 0.717) is 17.1 Å². The van der Waals surface area contributed by atoms with Gasteiger partial charge in [-0.2, -0.15) is 0 Å². The van der Waals surface area contributed by atoms with Gasteiger partial charge in [-0.15, -0.1) is 0 Å². The van der Waals surface area contributed by atoms with E-state index in [1.165, 1.54) is 24.3 Å². The summed E-state index contributed by atoms with van der Waals surface area (Å²) in [6, 6.07) is 10.6. The molecule has 1 saturated heterocycles. The van der Waals surface area contributed by atoms with Crippen LogP contribution in [0, 0.1) is 0 Å². The van der Waals surface area contributed by atoms with Gasteiger partial charge in [0.2, 0.25) is 0 Å². The van der Waals surface area contributed by atoms with Gasteiger partial charge in [0.1, 0.15) is 17.3 Å². The van der Waals surface area contributed by atoms with Gasteiger partial charge in [0.25, 0.3) is 11.7 Å². The van der Waals surface area contributed by atoms with E-state index in [0.717, 1.165) is 0 Å². The fraction of sp³-hybridized carbons (Fsp3) is 0.136. The molecule has 152 valence electrons. The summed E-state index contributed by atoms with van der Waals surface area (Å²) < 4.78 is 10.6. The van der Waals surface area contributed by atoms with Crippen LogP contribution in [0.4, 0.5) is 0 Å². The van der Waals surface area contributed by atoms with Crippen LogP contribution in [0.15, 0.2) is 71.1 Å². The number of carbonyl (C=O) groups is 2. The molecule has 1 N–H and O–H groups in total. The summed E-state index contributed by atoms with van der Waals surface area (Å²) in [7, 11) is 1.48. The Labute approximate surface area is 177 Å². The predicted molar refractivity (Wildman–Crippen MR) is 109 cm³/mol. The van der Waals surface area contributed by atoms with Crippen LogP contribution in [-0.2, 0) is 16.1 Å². The van der Waals surface area contributed by atoms with E-state index in [1.54, 1.807) is 48.8 Å². The molecule has 4 rings (SSSR count). The molecule has 1 unspecified atom stereocenters. The Morgan fingerprint density at radius 3 is 2.67 bits per heavy atom. The third-order valence-electron chi connectivity index (χ3n) is 4.90. The van der Waals surface area contributed by atoms with E-state index in [2.05, 4.69) is 4.98 Å². The van der Waals surface area contributed by atoms with Gasteiger partial charge in [0, 0.05) is 18.0 Å². The lowest BCUT2D eigenvalue weighted by atomic mass is 9.96. The van der Waals surface area contributed by atoms with Crippen LogP contribution in [0.5, 0.6) is 5.75 Å². The SMILES string of the molecule is COc1ccc(Cl)c(/C(O)=C2\C(=O)C(=O)N(Cc3ccco3)C2c2ccncc2)c1. The Morgan fingerprint density at radius 1 is 1.23 bits per heavy atom. The second kappa shape index (κ2) is 8.04. The van der Waals surface area contributed by atoms with Crippen LogP contribution in [0.2, 0.25) is 5.02 Å². The lowest BCUT2D eigenvalue weighted by Crippen LogP contribution is -2.29. The van der Waals surface area contributed by atoms with Crippen LogP contribution >= 0.6 is 11.6 Å². The van der Waals surface area contributed by atoms with Gasteiger partial charge in [0.15, 0.2) is 0 Å². The summed E-state index contributed by atoms with van der Waals surface area (Å²) >= 11 is 6.27. The van der Waals surface area contributed by atoms with E-state index in [4.69, 9.17) is 20.8 Å². The Morgan fingerprint density at radius 2 is 2.00 bits per heavy atom. The molecule has 0 aliphatic carbocycles. The van der Waals surface area contributed by atoms with Gasteiger partial charge in [-0.1, -0.05) is 11.6 Å². The van der Waals surface area contributed by atoms with Gasteiger partial charge < -0.3 is 19.2 Å². The molecule has 1 fully saturated rings. The Bertz CT molecular complexity index is 1130. The lowest BCUT2D eigenvalue weighted by molar-refractivity contribution is -0.140. The topological polar surface area (TPSA) is 92.9 Å². The molecule has 1 atom stereocenters. The first kappa shape index (κ1) is 19.7. The summed E-state index contributed by atoms with van der Waals surface area (Å²) in [4.78, 5) is 31.2.